The molecule has 20 heavy (non-hydrogen) atoms. The van der Waals surface area contributed by atoms with Gasteiger partial charge in [-0.15, -0.1) is 15.3 Å². The molecule has 2 heteroatoms. The molecule has 0 aliphatic carbocycles. The molecule has 0 aromatic carbocycles. The van der Waals surface area contributed by atoms with Crippen molar-refractivity contribution in [1.82, 2.24) is 0 Å². The molecule has 0 nitrogen and oxygen atoms in total. The summed E-state index contributed by atoms with van der Waals surface area (Å²) < 4.78 is 0. The van der Waals surface area contributed by atoms with Gasteiger partial charge in [0, 0.05) is 0 Å². The van der Waals surface area contributed by atoms with Gasteiger partial charge in [-0.1, -0.05) is 94.6 Å². The third-order valence-corrected chi connectivity index (χ3v) is 7.91. The van der Waals surface area contributed by atoms with Crippen LogP contribution in [-0.4, -0.2) is 6.69 Å². The lowest BCUT2D eigenvalue weighted by molar-refractivity contribution is 0.814. The van der Waals surface area contributed by atoms with Crippen molar-refractivity contribution in [3.05, 3.63) is 35.3 Å². The first-order valence-electron chi connectivity index (χ1n) is 8.40. The van der Waals surface area contributed by atoms with Gasteiger partial charge in [0.05, 0.1) is 0 Å². The van der Waals surface area contributed by atoms with E-state index in [-0.39, 0.29) is 0 Å². The first-order valence-corrected chi connectivity index (χ1v) is 12.9. The second kappa shape index (κ2) is 13.9. The van der Waals surface area contributed by atoms with Crippen LogP contribution in [0.25, 0.3) is 0 Å². The van der Waals surface area contributed by atoms with Gasteiger partial charge in [-0.3, -0.25) is 0 Å². The second-order valence-corrected chi connectivity index (χ2v) is 12.2. The summed E-state index contributed by atoms with van der Waals surface area (Å²) in [6.07, 6.45) is 18.5. The first-order chi connectivity index (χ1) is 9.68. The SMILES string of the molecule is CCCCC=C[Si](Br)(C=CCCCC)C=CCCCC. The predicted octanol–water partition coefficient (Wildman–Crippen LogP) is 7.18. The molecule has 0 bridgehead atoms. The van der Waals surface area contributed by atoms with E-state index in [1.54, 1.807) is 0 Å². The van der Waals surface area contributed by atoms with Crippen LogP contribution in [-0.2, 0) is 0 Å². The molecule has 0 unspecified atom stereocenters. The Labute approximate surface area is 136 Å². The lowest BCUT2D eigenvalue weighted by Gasteiger charge is -2.11. The number of rotatable bonds is 12. The molecule has 0 aromatic rings. The van der Waals surface area contributed by atoms with Crippen molar-refractivity contribution in [2.75, 3.05) is 0 Å². The van der Waals surface area contributed by atoms with E-state index in [1.165, 1.54) is 57.8 Å². The topological polar surface area (TPSA) is 0 Å². The fourth-order valence-electron chi connectivity index (χ4n) is 1.92. The van der Waals surface area contributed by atoms with Crippen LogP contribution >= 0.6 is 15.3 Å². The van der Waals surface area contributed by atoms with Crippen molar-refractivity contribution in [1.29, 1.82) is 0 Å². The van der Waals surface area contributed by atoms with E-state index in [1.807, 2.05) is 0 Å². The molecule has 0 aliphatic rings. The highest BCUT2D eigenvalue weighted by Gasteiger charge is 2.18. The van der Waals surface area contributed by atoms with Gasteiger partial charge in [-0.05, 0) is 19.3 Å². The van der Waals surface area contributed by atoms with Gasteiger partial charge in [0.25, 0.3) is 0 Å². The van der Waals surface area contributed by atoms with Crippen molar-refractivity contribution in [3.63, 3.8) is 0 Å². The van der Waals surface area contributed by atoms with Crippen LogP contribution in [0, 0.1) is 0 Å². The fraction of sp³-hybridized carbons (Fsp3) is 0.667. The smallest absolute Gasteiger partial charge is 0.110 e. The number of hydrogen-bond donors (Lipinski definition) is 0. The quantitative estimate of drug-likeness (QED) is 0.197. The Morgan fingerprint density at radius 1 is 0.650 bits per heavy atom. The van der Waals surface area contributed by atoms with Crippen LogP contribution in [0.5, 0.6) is 0 Å². The summed E-state index contributed by atoms with van der Waals surface area (Å²) in [5, 5.41) is 0. The predicted molar refractivity (Wildman–Crippen MR) is 101 cm³/mol. The second-order valence-electron chi connectivity index (χ2n) is 5.46. The maximum atomic E-state index is 4.02. The zero-order valence-corrected chi connectivity index (χ0v) is 16.3. The summed E-state index contributed by atoms with van der Waals surface area (Å²) in [4.78, 5) is 0. The molecule has 0 atom stereocenters. The first kappa shape index (κ1) is 19.9. The van der Waals surface area contributed by atoms with E-state index in [0.29, 0.717) is 0 Å². The summed E-state index contributed by atoms with van der Waals surface area (Å²) in [7, 11) is 0. The van der Waals surface area contributed by atoms with Crippen LogP contribution in [0.2, 0.25) is 0 Å². The summed E-state index contributed by atoms with van der Waals surface area (Å²) in [5.41, 5.74) is 7.31. The Morgan fingerprint density at radius 3 is 1.20 bits per heavy atom. The molecule has 0 heterocycles. The zero-order valence-electron chi connectivity index (χ0n) is 13.7. The van der Waals surface area contributed by atoms with E-state index >= 15 is 0 Å². The Hall–Kier alpha value is -0.0831. The van der Waals surface area contributed by atoms with Gasteiger partial charge < -0.3 is 0 Å². The van der Waals surface area contributed by atoms with Crippen molar-refractivity contribution >= 4 is 22.0 Å². The Kier molecular flexibility index (Phi) is 13.8. The summed E-state index contributed by atoms with van der Waals surface area (Å²) in [5.74, 6) is 0. The van der Waals surface area contributed by atoms with Crippen molar-refractivity contribution in [2.24, 2.45) is 0 Å². The van der Waals surface area contributed by atoms with Gasteiger partial charge in [-0.2, -0.15) is 0 Å². The number of halogens is 1. The average Bonchev–Trinajstić information content (AvgIpc) is 2.45. The van der Waals surface area contributed by atoms with Crippen LogP contribution < -0.4 is 0 Å². The molecule has 0 N–H and O–H groups in total. The minimum atomic E-state index is -1.63. The number of allylic oxidation sites excluding steroid dienone is 3. The molecule has 0 spiro atoms. The normalized spacial score (nSPS) is 15.6. The Balaban J connectivity index is 4.52. The van der Waals surface area contributed by atoms with E-state index in [0.717, 1.165) is 0 Å². The van der Waals surface area contributed by atoms with Crippen molar-refractivity contribution in [2.45, 2.75) is 78.6 Å². The van der Waals surface area contributed by atoms with Crippen LogP contribution in [0.3, 0.4) is 0 Å². The van der Waals surface area contributed by atoms with Gasteiger partial charge in [0.15, 0.2) is 6.69 Å². The average molecular weight is 357 g/mol. The van der Waals surface area contributed by atoms with E-state index in [4.69, 9.17) is 0 Å². The van der Waals surface area contributed by atoms with Gasteiger partial charge >= 0.3 is 0 Å². The molecule has 0 radical (unpaired) electrons. The van der Waals surface area contributed by atoms with Crippen molar-refractivity contribution in [3.8, 4) is 0 Å². The third kappa shape index (κ3) is 11.7. The summed E-state index contributed by atoms with van der Waals surface area (Å²) in [6.45, 7) is 5.13. The highest BCUT2D eigenvalue weighted by atomic mass is 79.9. The monoisotopic (exact) mass is 356 g/mol. The van der Waals surface area contributed by atoms with Crippen LogP contribution in [0.1, 0.15) is 78.6 Å². The maximum absolute atomic E-state index is 4.02. The molecule has 116 valence electrons. The lowest BCUT2D eigenvalue weighted by Crippen LogP contribution is -2.18. The molecule has 0 saturated heterocycles. The van der Waals surface area contributed by atoms with Crippen LogP contribution in [0.4, 0.5) is 0 Å². The van der Waals surface area contributed by atoms with Gasteiger partial charge in [-0.25, -0.2) is 0 Å². The molecule has 0 saturated carbocycles. The number of hydrogen-bond acceptors (Lipinski definition) is 0. The van der Waals surface area contributed by atoms with Crippen LogP contribution in [0.15, 0.2) is 35.3 Å². The largest absolute Gasteiger partial charge is 0.199 e. The minimum absolute atomic E-state index is 1.21. The minimum Gasteiger partial charge on any atom is -0.110 e. The molecule has 0 amide bonds. The fourth-order valence-corrected chi connectivity index (χ4v) is 5.52. The van der Waals surface area contributed by atoms with Gasteiger partial charge in [0.1, 0.15) is 0 Å². The van der Waals surface area contributed by atoms with Crippen molar-refractivity contribution < 1.29 is 0 Å². The highest BCUT2D eigenvalue weighted by molar-refractivity contribution is 9.26. The summed E-state index contributed by atoms with van der Waals surface area (Å²) >= 11 is 4.02. The van der Waals surface area contributed by atoms with E-state index in [9.17, 15) is 0 Å². The zero-order chi connectivity index (χ0) is 15.1. The third-order valence-electron chi connectivity index (χ3n) is 3.29. The summed E-state index contributed by atoms with van der Waals surface area (Å²) in [6, 6.07) is 0. The molecule has 0 aliphatic heterocycles. The lowest BCUT2D eigenvalue weighted by atomic mass is 10.2. The highest BCUT2D eigenvalue weighted by Crippen LogP contribution is 2.20. The maximum Gasteiger partial charge on any atom is 0.199 e. The molecule has 0 fully saturated rings. The van der Waals surface area contributed by atoms with Gasteiger partial charge in [0.2, 0.25) is 0 Å². The standard InChI is InChI=1S/C18H33BrSi/c1-4-7-10-13-16-20(19,17-14-11-8-5-2)18-15-12-9-6-3/h13-18H,4-12H2,1-3H3. The molecule has 0 rings (SSSR count). The number of unbranched alkanes of at least 4 members (excludes halogenated alkanes) is 6. The van der Waals surface area contributed by atoms with E-state index < -0.39 is 6.69 Å². The molecule has 0 aromatic heterocycles. The van der Waals surface area contributed by atoms with E-state index in [2.05, 4.69) is 71.4 Å². The Bertz CT molecular complexity index is 246. The molecular weight excluding hydrogens is 324 g/mol. The Morgan fingerprint density at radius 2 is 0.950 bits per heavy atom. The molecular formula is C18H33BrSi.